The molecule has 1 amide bonds. The first-order chi connectivity index (χ1) is 7.69. The van der Waals surface area contributed by atoms with Crippen LogP contribution in [-0.2, 0) is 4.79 Å². The highest BCUT2D eigenvalue weighted by Crippen LogP contribution is 2.16. The molecule has 0 saturated carbocycles. The number of carbonyl (C=O) groups excluding carboxylic acids is 1. The average Bonchev–Trinajstić information content (AvgIpc) is 2.57. The van der Waals surface area contributed by atoms with Crippen LogP contribution in [0.3, 0.4) is 0 Å². The average molecular weight is 217 g/mol. The molecule has 2 aromatic rings. The van der Waals surface area contributed by atoms with Crippen LogP contribution in [0.5, 0.6) is 0 Å². The molecule has 0 fully saturated rings. The van der Waals surface area contributed by atoms with E-state index in [1.54, 1.807) is 24.3 Å². The van der Waals surface area contributed by atoms with Gasteiger partial charge in [0.15, 0.2) is 5.58 Å². The van der Waals surface area contributed by atoms with Crippen LogP contribution >= 0.6 is 0 Å². The Kier molecular flexibility index (Phi) is 2.44. The van der Waals surface area contributed by atoms with Gasteiger partial charge in [-0.05, 0) is 18.2 Å². The van der Waals surface area contributed by atoms with Gasteiger partial charge in [0, 0.05) is 5.69 Å². The van der Waals surface area contributed by atoms with Crippen LogP contribution in [0.25, 0.3) is 11.1 Å². The predicted molar refractivity (Wildman–Crippen MR) is 55.7 cm³/mol. The molecule has 1 aromatic carbocycles. The third-order valence-corrected chi connectivity index (χ3v) is 1.94. The molecule has 80 valence electrons. The van der Waals surface area contributed by atoms with Gasteiger partial charge in [0.05, 0.1) is 11.6 Å². The van der Waals surface area contributed by atoms with Gasteiger partial charge in [0.1, 0.15) is 6.42 Å². The molecule has 0 saturated heterocycles. The van der Waals surface area contributed by atoms with Gasteiger partial charge in [-0.1, -0.05) is 0 Å². The molecule has 16 heavy (non-hydrogen) atoms. The van der Waals surface area contributed by atoms with Gasteiger partial charge < -0.3 is 9.73 Å². The summed E-state index contributed by atoms with van der Waals surface area (Å²) in [5, 5.41) is 10.8. The number of fused-ring (bicyclic) bond motifs is 1. The molecule has 6 heteroatoms. The molecule has 1 heterocycles. The SMILES string of the molecule is N#CCC(=O)Nc1ccc2oc(=O)[nH]c2c1. The van der Waals surface area contributed by atoms with Gasteiger partial charge >= 0.3 is 5.76 Å². The summed E-state index contributed by atoms with van der Waals surface area (Å²) >= 11 is 0. The second-order valence-electron chi connectivity index (χ2n) is 3.11. The summed E-state index contributed by atoms with van der Waals surface area (Å²) in [5.74, 6) is -0.941. The van der Waals surface area contributed by atoms with Crippen molar-refractivity contribution in [3.63, 3.8) is 0 Å². The van der Waals surface area contributed by atoms with Crippen molar-refractivity contribution < 1.29 is 9.21 Å². The molecule has 0 aliphatic heterocycles. The van der Waals surface area contributed by atoms with Crippen molar-refractivity contribution in [3.05, 3.63) is 28.7 Å². The summed E-state index contributed by atoms with van der Waals surface area (Å²) in [6.45, 7) is 0. The minimum absolute atomic E-state index is 0.208. The zero-order chi connectivity index (χ0) is 11.5. The number of nitriles is 1. The van der Waals surface area contributed by atoms with Crippen LogP contribution in [0, 0.1) is 11.3 Å². The van der Waals surface area contributed by atoms with Crippen molar-refractivity contribution in [2.75, 3.05) is 5.32 Å². The Morgan fingerprint density at radius 1 is 1.56 bits per heavy atom. The molecular weight excluding hydrogens is 210 g/mol. The molecule has 0 atom stereocenters. The summed E-state index contributed by atoms with van der Waals surface area (Å²) in [7, 11) is 0. The Labute approximate surface area is 89.5 Å². The Morgan fingerprint density at radius 2 is 2.38 bits per heavy atom. The lowest BCUT2D eigenvalue weighted by atomic mass is 10.3. The molecular formula is C10H7N3O3. The largest absolute Gasteiger partial charge is 0.417 e. The van der Waals surface area contributed by atoms with E-state index in [-0.39, 0.29) is 6.42 Å². The van der Waals surface area contributed by atoms with E-state index >= 15 is 0 Å². The van der Waals surface area contributed by atoms with E-state index in [9.17, 15) is 9.59 Å². The number of rotatable bonds is 2. The van der Waals surface area contributed by atoms with E-state index in [1.165, 1.54) is 0 Å². The first-order valence-corrected chi connectivity index (χ1v) is 4.49. The fraction of sp³-hybridized carbons (Fsp3) is 0.100. The molecule has 6 nitrogen and oxygen atoms in total. The summed E-state index contributed by atoms with van der Waals surface area (Å²) in [4.78, 5) is 24.5. The van der Waals surface area contributed by atoms with E-state index in [1.807, 2.05) is 0 Å². The number of hydrogen-bond donors (Lipinski definition) is 2. The van der Waals surface area contributed by atoms with Gasteiger partial charge in [0.2, 0.25) is 5.91 Å². The van der Waals surface area contributed by atoms with Crippen molar-refractivity contribution in [3.8, 4) is 6.07 Å². The zero-order valence-electron chi connectivity index (χ0n) is 8.11. The lowest BCUT2D eigenvalue weighted by Gasteiger charge is -2.01. The molecule has 2 rings (SSSR count). The third kappa shape index (κ3) is 1.93. The van der Waals surface area contributed by atoms with Gasteiger partial charge in [-0.2, -0.15) is 5.26 Å². The van der Waals surface area contributed by atoms with Crippen LogP contribution in [0.1, 0.15) is 6.42 Å². The fourth-order valence-corrected chi connectivity index (χ4v) is 1.31. The van der Waals surface area contributed by atoms with Crippen molar-refractivity contribution >= 4 is 22.7 Å². The first kappa shape index (κ1) is 9.98. The monoisotopic (exact) mass is 217 g/mol. The molecule has 0 spiro atoms. The number of oxazole rings is 1. The van der Waals surface area contributed by atoms with Gasteiger partial charge in [-0.15, -0.1) is 0 Å². The number of nitrogens with zero attached hydrogens (tertiary/aromatic N) is 1. The van der Waals surface area contributed by atoms with Crippen molar-refractivity contribution in [2.45, 2.75) is 6.42 Å². The second-order valence-corrected chi connectivity index (χ2v) is 3.11. The van der Waals surface area contributed by atoms with Crippen LogP contribution in [0.2, 0.25) is 0 Å². The number of amides is 1. The quantitative estimate of drug-likeness (QED) is 0.782. The van der Waals surface area contributed by atoms with Crippen LogP contribution < -0.4 is 11.1 Å². The number of aromatic amines is 1. The van der Waals surface area contributed by atoms with E-state index in [0.29, 0.717) is 16.8 Å². The fourth-order valence-electron chi connectivity index (χ4n) is 1.31. The molecule has 0 radical (unpaired) electrons. The highest BCUT2D eigenvalue weighted by Gasteiger charge is 2.04. The van der Waals surface area contributed by atoms with Crippen molar-refractivity contribution in [2.24, 2.45) is 0 Å². The van der Waals surface area contributed by atoms with Crippen molar-refractivity contribution in [1.82, 2.24) is 4.98 Å². The van der Waals surface area contributed by atoms with Crippen molar-refractivity contribution in [1.29, 1.82) is 5.26 Å². The summed E-state index contributed by atoms with van der Waals surface area (Å²) in [5.41, 5.74) is 1.42. The minimum Gasteiger partial charge on any atom is -0.408 e. The highest BCUT2D eigenvalue weighted by molar-refractivity contribution is 5.93. The Bertz CT molecular complexity index is 633. The predicted octanol–water partition coefficient (Wildman–Crippen LogP) is 0.973. The molecule has 0 bridgehead atoms. The third-order valence-electron chi connectivity index (χ3n) is 1.94. The first-order valence-electron chi connectivity index (χ1n) is 4.49. The zero-order valence-corrected chi connectivity index (χ0v) is 8.11. The Balaban J connectivity index is 2.29. The van der Waals surface area contributed by atoms with Gasteiger partial charge in [-0.3, -0.25) is 9.78 Å². The number of H-pyrrole nitrogens is 1. The van der Waals surface area contributed by atoms with Gasteiger partial charge in [0.25, 0.3) is 0 Å². The standard InChI is InChI=1S/C10H7N3O3/c11-4-3-9(14)12-6-1-2-8-7(5-6)13-10(15)16-8/h1-2,5H,3H2,(H,12,14)(H,13,15). The number of nitrogens with one attached hydrogen (secondary N) is 2. The van der Waals surface area contributed by atoms with E-state index < -0.39 is 11.7 Å². The minimum atomic E-state index is -0.546. The summed E-state index contributed by atoms with van der Waals surface area (Å²) < 4.78 is 4.80. The van der Waals surface area contributed by atoms with E-state index in [0.717, 1.165) is 0 Å². The molecule has 0 aliphatic rings. The maximum absolute atomic E-state index is 11.1. The van der Waals surface area contributed by atoms with Crippen LogP contribution in [0.4, 0.5) is 5.69 Å². The summed E-state index contributed by atoms with van der Waals surface area (Å²) in [6.07, 6.45) is -0.208. The number of carbonyl (C=O) groups is 1. The van der Waals surface area contributed by atoms with E-state index in [4.69, 9.17) is 9.68 Å². The topological polar surface area (TPSA) is 98.9 Å². The lowest BCUT2D eigenvalue weighted by Crippen LogP contribution is -2.09. The number of anilines is 1. The molecule has 0 aliphatic carbocycles. The maximum atomic E-state index is 11.1. The van der Waals surface area contributed by atoms with E-state index in [2.05, 4.69) is 10.3 Å². The number of aromatic nitrogens is 1. The van der Waals surface area contributed by atoms with Gasteiger partial charge in [-0.25, -0.2) is 4.79 Å². The number of benzene rings is 1. The Morgan fingerprint density at radius 3 is 3.12 bits per heavy atom. The second kappa shape index (κ2) is 3.90. The van der Waals surface area contributed by atoms with Crippen LogP contribution in [0.15, 0.2) is 27.4 Å². The smallest absolute Gasteiger partial charge is 0.408 e. The molecule has 1 aromatic heterocycles. The maximum Gasteiger partial charge on any atom is 0.417 e. The number of hydrogen-bond acceptors (Lipinski definition) is 4. The molecule has 0 unspecified atom stereocenters. The normalized spacial score (nSPS) is 9.94. The van der Waals surface area contributed by atoms with Crippen LogP contribution in [-0.4, -0.2) is 10.9 Å². The molecule has 2 N–H and O–H groups in total. The lowest BCUT2D eigenvalue weighted by molar-refractivity contribution is -0.115. The Hall–Kier alpha value is -2.55. The highest BCUT2D eigenvalue weighted by atomic mass is 16.4. The summed E-state index contributed by atoms with van der Waals surface area (Å²) in [6, 6.07) is 6.46.